The van der Waals surface area contributed by atoms with E-state index in [2.05, 4.69) is 0 Å². The lowest BCUT2D eigenvalue weighted by Crippen LogP contribution is -2.20. The second-order valence-corrected chi connectivity index (χ2v) is 4.76. The highest BCUT2D eigenvalue weighted by Crippen LogP contribution is 2.24. The Morgan fingerprint density at radius 3 is 2.33 bits per heavy atom. The van der Waals surface area contributed by atoms with E-state index < -0.39 is 5.97 Å². The van der Waals surface area contributed by atoms with Crippen LogP contribution in [0.25, 0.3) is 0 Å². The first-order valence-corrected chi connectivity index (χ1v) is 6.36. The van der Waals surface area contributed by atoms with E-state index in [0.29, 0.717) is 6.42 Å². The fourth-order valence-electron chi connectivity index (χ4n) is 1.27. The van der Waals surface area contributed by atoms with E-state index in [1.807, 2.05) is 6.92 Å². The molecule has 1 rings (SSSR count). The van der Waals surface area contributed by atoms with E-state index in [4.69, 9.17) is 27.9 Å². The molecule has 0 aromatic heterocycles. The highest BCUT2D eigenvalue weighted by atomic mass is 35.5. The number of ketones is 1. The Morgan fingerprint density at radius 2 is 1.83 bits per heavy atom. The van der Waals surface area contributed by atoms with Crippen molar-refractivity contribution in [2.75, 3.05) is 6.61 Å². The van der Waals surface area contributed by atoms with E-state index in [0.717, 1.165) is 0 Å². The first kappa shape index (κ1) is 15.0. The molecular weight excluding hydrogens is 275 g/mol. The van der Waals surface area contributed by atoms with Crippen LogP contribution < -0.4 is 0 Å². The summed E-state index contributed by atoms with van der Waals surface area (Å²) in [5, 5.41) is 0.423. The van der Waals surface area contributed by atoms with Crippen LogP contribution in [0.2, 0.25) is 10.0 Å². The Kier molecular flexibility index (Phi) is 5.63. The van der Waals surface area contributed by atoms with Gasteiger partial charge in [-0.05, 0) is 18.6 Å². The molecule has 0 unspecified atom stereocenters. The predicted molar refractivity (Wildman–Crippen MR) is 71.2 cm³/mol. The van der Waals surface area contributed by atoms with Crippen LogP contribution in [0.15, 0.2) is 18.2 Å². The molecule has 0 amide bonds. The fraction of sp³-hybridized carbons (Fsp3) is 0.385. The molecule has 0 aliphatic rings. The second-order valence-electron chi connectivity index (χ2n) is 3.95. The zero-order valence-electron chi connectivity index (χ0n) is 10.2. The molecule has 0 aliphatic heterocycles. The summed E-state index contributed by atoms with van der Waals surface area (Å²) in [4.78, 5) is 23.3. The standard InChI is InChI=1S/C13H14Cl2O3/c1-3-8(2)11(16)7-18-13(17)12-9(14)5-4-6-10(12)15/h4-6,8H,3,7H2,1-2H3/t8-/m0/s1. The van der Waals surface area contributed by atoms with E-state index in [1.54, 1.807) is 25.1 Å². The van der Waals surface area contributed by atoms with Gasteiger partial charge in [-0.25, -0.2) is 4.79 Å². The van der Waals surface area contributed by atoms with Crippen LogP contribution in [0.3, 0.4) is 0 Å². The lowest BCUT2D eigenvalue weighted by atomic mass is 10.0. The van der Waals surface area contributed by atoms with Crippen molar-refractivity contribution in [1.29, 1.82) is 0 Å². The van der Waals surface area contributed by atoms with Crippen LogP contribution in [-0.2, 0) is 9.53 Å². The number of carbonyl (C=O) groups is 2. The molecule has 0 aliphatic carbocycles. The highest BCUT2D eigenvalue weighted by Gasteiger charge is 2.18. The highest BCUT2D eigenvalue weighted by molar-refractivity contribution is 6.39. The van der Waals surface area contributed by atoms with Gasteiger partial charge < -0.3 is 4.74 Å². The van der Waals surface area contributed by atoms with Gasteiger partial charge in [0.25, 0.3) is 0 Å². The van der Waals surface area contributed by atoms with Gasteiger partial charge in [0.1, 0.15) is 0 Å². The quantitative estimate of drug-likeness (QED) is 0.775. The molecule has 0 N–H and O–H groups in total. The van der Waals surface area contributed by atoms with Gasteiger partial charge in [0, 0.05) is 5.92 Å². The summed E-state index contributed by atoms with van der Waals surface area (Å²) in [6.45, 7) is 3.43. The van der Waals surface area contributed by atoms with Crippen molar-refractivity contribution in [2.45, 2.75) is 20.3 Å². The summed E-state index contributed by atoms with van der Waals surface area (Å²) in [6, 6.07) is 4.72. The molecule has 0 bridgehead atoms. The molecule has 1 aromatic rings. The van der Waals surface area contributed by atoms with Crippen LogP contribution in [0.1, 0.15) is 30.6 Å². The number of Topliss-reactive ketones (excluding diaryl/α,β-unsaturated/α-hetero) is 1. The maximum atomic E-state index is 11.8. The summed E-state index contributed by atoms with van der Waals surface area (Å²) in [5.74, 6) is -0.921. The van der Waals surface area contributed by atoms with E-state index >= 15 is 0 Å². The zero-order valence-corrected chi connectivity index (χ0v) is 11.7. The van der Waals surface area contributed by atoms with Crippen molar-refractivity contribution >= 4 is 35.0 Å². The number of rotatable bonds is 5. The summed E-state index contributed by atoms with van der Waals surface area (Å²) in [7, 11) is 0. The van der Waals surface area contributed by atoms with Crippen molar-refractivity contribution in [3.8, 4) is 0 Å². The molecule has 1 aromatic carbocycles. The van der Waals surface area contributed by atoms with Gasteiger partial charge in [0.05, 0.1) is 15.6 Å². The van der Waals surface area contributed by atoms with E-state index in [9.17, 15) is 9.59 Å². The maximum Gasteiger partial charge on any atom is 0.341 e. The van der Waals surface area contributed by atoms with Crippen LogP contribution in [0.5, 0.6) is 0 Å². The van der Waals surface area contributed by atoms with Crippen molar-refractivity contribution < 1.29 is 14.3 Å². The van der Waals surface area contributed by atoms with Gasteiger partial charge in [0.2, 0.25) is 0 Å². The number of halogens is 2. The first-order chi connectivity index (χ1) is 8.47. The average molecular weight is 289 g/mol. The summed E-state index contributed by atoms with van der Waals surface area (Å²) >= 11 is 11.7. The van der Waals surface area contributed by atoms with Crippen molar-refractivity contribution in [3.05, 3.63) is 33.8 Å². The average Bonchev–Trinajstić information content (AvgIpc) is 2.34. The maximum absolute atomic E-state index is 11.8. The number of esters is 1. The number of carbonyl (C=O) groups excluding carboxylic acids is 2. The Balaban J connectivity index is 2.70. The second kappa shape index (κ2) is 6.76. The van der Waals surface area contributed by atoms with Crippen LogP contribution in [0.4, 0.5) is 0 Å². The Labute approximate surface area is 116 Å². The smallest absolute Gasteiger partial charge is 0.341 e. The molecule has 18 heavy (non-hydrogen) atoms. The number of hydrogen-bond acceptors (Lipinski definition) is 3. The fourth-order valence-corrected chi connectivity index (χ4v) is 1.82. The molecule has 1 atom stereocenters. The van der Waals surface area contributed by atoms with Crippen LogP contribution in [-0.4, -0.2) is 18.4 Å². The van der Waals surface area contributed by atoms with Gasteiger partial charge in [-0.15, -0.1) is 0 Å². The molecular formula is C13H14Cl2O3. The third-order valence-corrected chi connectivity index (χ3v) is 3.30. The van der Waals surface area contributed by atoms with Gasteiger partial charge in [0.15, 0.2) is 12.4 Å². The Bertz CT molecular complexity index is 437. The molecule has 3 nitrogen and oxygen atoms in total. The van der Waals surface area contributed by atoms with E-state index in [-0.39, 0.29) is 33.9 Å². The monoisotopic (exact) mass is 288 g/mol. The molecule has 0 saturated heterocycles. The van der Waals surface area contributed by atoms with Gasteiger partial charge in [-0.1, -0.05) is 43.1 Å². The minimum atomic E-state index is -0.678. The topological polar surface area (TPSA) is 43.4 Å². The van der Waals surface area contributed by atoms with Gasteiger partial charge in [-0.3, -0.25) is 4.79 Å². The summed E-state index contributed by atoms with van der Waals surface area (Å²) in [5.41, 5.74) is 0.0952. The molecule has 98 valence electrons. The van der Waals surface area contributed by atoms with Gasteiger partial charge >= 0.3 is 5.97 Å². The third-order valence-electron chi connectivity index (χ3n) is 2.67. The molecule has 0 spiro atoms. The van der Waals surface area contributed by atoms with Crippen LogP contribution in [0, 0.1) is 5.92 Å². The molecule has 0 radical (unpaired) electrons. The van der Waals surface area contributed by atoms with Gasteiger partial charge in [-0.2, -0.15) is 0 Å². The summed E-state index contributed by atoms with van der Waals surface area (Å²) in [6.07, 6.45) is 0.712. The lowest BCUT2D eigenvalue weighted by Gasteiger charge is -2.09. The first-order valence-electron chi connectivity index (χ1n) is 5.61. The Morgan fingerprint density at radius 1 is 1.28 bits per heavy atom. The molecule has 0 heterocycles. The predicted octanol–water partition coefficient (Wildman–Crippen LogP) is 3.77. The minimum Gasteiger partial charge on any atom is -0.454 e. The SMILES string of the molecule is CC[C@H](C)C(=O)COC(=O)c1c(Cl)cccc1Cl. The largest absolute Gasteiger partial charge is 0.454 e. The normalized spacial score (nSPS) is 12.0. The lowest BCUT2D eigenvalue weighted by molar-refractivity contribution is -0.125. The van der Waals surface area contributed by atoms with Crippen molar-refractivity contribution in [1.82, 2.24) is 0 Å². The minimum absolute atomic E-state index is 0.0952. The number of ether oxygens (including phenoxy) is 1. The van der Waals surface area contributed by atoms with Crippen molar-refractivity contribution in [3.63, 3.8) is 0 Å². The number of hydrogen-bond donors (Lipinski definition) is 0. The number of benzene rings is 1. The zero-order chi connectivity index (χ0) is 13.7. The molecule has 0 fully saturated rings. The Hall–Kier alpha value is -1.06. The molecule has 5 heteroatoms. The molecule has 0 saturated carbocycles. The third kappa shape index (κ3) is 3.72. The van der Waals surface area contributed by atoms with Crippen molar-refractivity contribution in [2.24, 2.45) is 5.92 Å². The van der Waals surface area contributed by atoms with Crippen LogP contribution >= 0.6 is 23.2 Å². The van der Waals surface area contributed by atoms with E-state index in [1.165, 1.54) is 0 Å². The summed E-state index contributed by atoms with van der Waals surface area (Å²) < 4.78 is 4.92.